The van der Waals surface area contributed by atoms with E-state index in [1.54, 1.807) is 12.1 Å². The molecule has 0 atom stereocenters. The Kier molecular flexibility index (Phi) is 5.32. The molecule has 7 nitrogen and oxygen atoms in total. The number of hydrogen-bond acceptors (Lipinski definition) is 5. The van der Waals surface area contributed by atoms with E-state index >= 15 is 0 Å². The van der Waals surface area contributed by atoms with Crippen molar-refractivity contribution < 1.29 is 14.5 Å². The summed E-state index contributed by atoms with van der Waals surface area (Å²) >= 11 is 0. The first-order chi connectivity index (χ1) is 13.1. The molecule has 0 saturated heterocycles. The van der Waals surface area contributed by atoms with Crippen LogP contribution >= 0.6 is 0 Å². The predicted molar refractivity (Wildman–Crippen MR) is 104 cm³/mol. The number of ether oxygens (including phenoxy) is 1. The number of nitrogens with zero attached hydrogens (tertiary/aromatic N) is 1. The van der Waals surface area contributed by atoms with Gasteiger partial charge in [-0.15, -0.1) is 0 Å². The van der Waals surface area contributed by atoms with Crippen LogP contribution in [0.5, 0.6) is 5.75 Å². The summed E-state index contributed by atoms with van der Waals surface area (Å²) in [6, 6.07) is 20.8. The summed E-state index contributed by atoms with van der Waals surface area (Å²) in [5.41, 5.74) is 2.04. The van der Waals surface area contributed by atoms with Crippen molar-refractivity contribution in [3.63, 3.8) is 0 Å². The van der Waals surface area contributed by atoms with Gasteiger partial charge in [-0.25, -0.2) is 0 Å². The van der Waals surface area contributed by atoms with Crippen LogP contribution in [-0.4, -0.2) is 17.9 Å². The van der Waals surface area contributed by atoms with Crippen LogP contribution in [0.3, 0.4) is 0 Å². The zero-order chi connectivity index (χ0) is 19.2. The van der Waals surface area contributed by atoms with Crippen LogP contribution in [0.25, 0.3) is 0 Å². The lowest BCUT2D eigenvalue weighted by Crippen LogP contribution is -2.13. The molecule has 136 valence electrons. The molecule has 0 heterocycles. The lowest BCUT2D eigenvalue weighted by molar-refractivity contribution is -0.385. The average molecular weight is 363 g/mol. The first-order valence-corrected chi connectivity index (χ1v) is 8.13. The highest BCUT2D eigenvalue weighted by Crippen LogP contribution is 2.29. The minimum atomic E-state index is -0.583. The Hall–Kier alpha value is -3.87. The summed E-state index contributed by atoms with van der Waals surface area (Å²) in [5.74, 6) is -0.356. The number of benzene rings is 3. The quantitative estimate of drug-likeness (QED) is 0.493. The SMILES string of the molecule is COc1ccc(C(=O)Nc2ccccc2Nc2ccccc2)cc1[N+](=O)[O-]. The number of hydrogen-bond donors (Lipinski definition) is 2. The summed E-state index contributed by atoms with van der Waals surface area (Å²) in [5, 5.41) is 17.2. The topological polar surface area (TPSA) is 93.5 Å². The first-order valence-electron chi connectivity index (χ1n) is 8.13. The van der Waals surface area contributed by atoms with Gasteiger partial charge in [-0.2, -0.15) is 0 Å². The number of amides is 1. The molecule has 0 radical (unpaired) electrons. The lowest BCUT2D eigenvalue weighted by atomic mass is 10.1. The fourth-order valence-electron chi connectivity index (χ4n) is 2.55. The Bertz CT molecular complexity index is 974. The number of anilines is 3. The highest BCUT2D eigenvalue weighted by atomic mass is 16.6. The van der Waals surface area contributed by atoms with Gasteiger partial charge in [0.15, 0.2) is 5.75 Å². The van der Waals surface area contributed by atoms with E-state index in [0.29, 0.717) is 11.4 Å². The molecule has 3 rings (SSSR count). The highest BCUT2D eigenvalue weighted by molar-refractivity contribution is 6.06. The molecular weight excluding hydrogens is 346 g/mol. The molecule has 0 aromatic heterocycles. The molecule has 27 heavy (non-hydrogen) atoms. The van der Waals surface area contributed by atoms with E-state index in [0.717, 1.165) is 5.69 Å². The van der Waals surface area contributed by atoms with Gasteiger partial charge in [0.25, 0.3) is 5.91 Å². The molecule has 0 aliphatic rings. The number of nitrogens with one attached hydrogen (secondary N) is 2. The summed E-state index contributed by atoms with van der Waals surface area (Å²) in [6.07, 6.45) is 0. The number of carbonyl (C=O) groups is 1. The third-order valence-corrected chi connectivity index (χ3v) is 3.87. The van der Waals surface area contributed by atoms with Crippen LogP contribution in [0, 0.1) is 10.1 Å². The summed E-state index contributed by atoms with van der Waals surface area (Å²) < 4.78 is 4.96. The summed E-state index contributed by atoms with van der Waals surface area (Å²) in [4.78, 5) is 23.2. The summed E-state index contributed by atoms with van der Waals surface area (Å²) in [7, 11) is 1.34. The van der Waals surface area contributed by atoms with Crippen LogP contribution in [0.4, 0.5) is 22.7 Å². The Balaban J connectivity index is 1.85. The van der Waals surface area contributed by atoms with E-state index in [9.17, 15) is 14.9 Å². The van der Waals surface area contributed by atoms with Gasteiger partial charge in [-0.3, -0.25) is 14.9 Å². The minimum Gasteiger partial charge on any atom is -0.490 e. The van der Waals surface area contributed by atoms with E-state index in [1.165, 1.54) is 25.3 Å². The Morgan fingerprint density at radius 3 is 2.30 bits per heavy atom. The third-order valence-electron chi connectivity index (χ3n) is 3.87. The monoisotopic (exact) mass is 363 g/mol. The Morgan fingerprint density at radius 1 is 0.963 bits per heavy atom. The van der Waals surface area contributed by atoms with Crippen molar-refractivity contribution in [1.82, 2.24) is 0 Å². The largest absolute Gasteiger partial charge is 0.490 e. The van der Waals surface area contributed by atoms with Crippen LogP contribution in [-0.2, 0) is 0 Å². The van der Waals surface area contributed by atoms with Crippen molar-refractivity contribution >= 4 is 28.7 Å². The van der Waals surface area contributed by atoms with Gasteiger partial charge in [0.2, 0.25) is 0 Å². The van der Waals surface area contributed by atoms with Gasteiger partial charge >= 0.3 is 5.69 Å². The van der Waals surface area contributed by atoms with Gasteiger partial charge in [0, 0.05) is 17.3 Å². The number of nitro groups is 1. The zero-order valence-electron chi connectivity index (χ0n) is 14.5. The maximum absolute atomic E-state index is 12.6. The van der Waals surface area contributed by atoms with E-state index in [4.69, 9.17) is 4.74 Å². The Morgan fingerprint density at radius 2 is 1.63 bits per heavy atom. The van der Waals surface area contributed by atoms with Crippen molar-refractivity contribution in [1.29, 1.82) is 0 Å². The molecular formula is C20H17N3O4. The predicted octanol–water partition coefficient (Wildman–Crippen LogP) is 4.60. The number of carbonyl (C=O) groups excluding carboxylic acids is 1. The average Bonchev–Trinajstić information content (AvgIpc) is 2.69. The van der Waals surface area contributed by atoms with Crippen LogP contribution < -0.4 is 15.4 Å². The molecule has 1 amide bonds. The van der Waals surface area contributed by atoms with Crippen LogP contribution in [0.15, 0.2) is 72.8 Å². The molecule has 0 spiro atoms. The molecule has 0 unspecified atom stereocenters. The van der Waals surface area contributed by atoms with Gasteiger partial charge in [0.1, 0.15) is 0 Å². The molecule has 7 heteroatoms. The fraction of sp³-hybridized carbons (Fsp3) is 0.0500. The van der Waals surface area contributed by atoms with Gasteiger partial charge in [-0.05, 0) is 36.4 Å². The maximum Gasteiger partial charge on any atom is 0.311 e. The zero-order valence-corrected chi connectivity index (χ0v) is 14.5. The summed E-state index contributed by atoms with van der Waals surface area (Å²) in [6.45, 7) is 0. The maximum atomic E-state index is 12.6. The van der Waals surface area contributed by atoms with Crippen molar-refractivity contribution in [3.8, 4) is 5.75 Å². The van der Waals surface area contributed by atoms with Crippen molar-refractivity contribution in [3.05, 3.63) is 88.5 Å². The van der Waals surface area contributed by atoms with Crippen LogP contribution in [0.2, 0.25) is 0 Å². The molecule has 0 saturated carbocycles. The first kappa shape index (κ1) is 17.9. The molecule has 0 bridgehead atoms. The van der Waals surface area contributed by atoms with E-state index in [1.807, 2.05) is 42.5 Å². The molecule has 3 aromatic rings. The van der Waals surface area contributed by atoms with Gasteiger partial charge in [0.05, 0.1) is 23.4 Å². The number of para-hydroxylation sites is 3. The molecule has 0 aliphatic carbocycles. The van der Waals surface area contributed by atoms with Crippen LogP contribution in [0.1, 0.15) is 10.4 Å². The highest BCUT2D eigenvalue weighted by Gasteiger charge is 2.18. The fourth-order valence-corrected chi connectivity index (χ4v) is 2.55. The number of rotatable bonds is 6. The van der Waals surface area contributed by atoms with Gasteiger partial charge < -0.3 is 15.4 Å². The second-order valence-electron chi connectivity index (χ2n) is 5.63. The number of methoxy groups -OCH3 is 1. The Labute approximate surface area is 155 Å². The van der Waals surface area contributed by atoms with E-state index < -0.39 is 10.8 Å². The smallest absolute Gasteiger partial charge is 0.311 e. The second-order valence-corrected chi connectivity index (χ2v) is 5.63. The van der Waals surface area contributed by atoms with Crippen molar-refractivity contribution in [2.45, 2.75) is 0 Å². The second kappa shape index (κ2) is 8.01. The lowest BCUT2D eigenvalue weighted by Gasteiger charge is -2.13. The third kappa shape index (κ3) is 4.21. The molecule has 0 aliphatic heterocycles. The molecule has 2 N–H and O–H groups in total. The standard InChI is InChI=1S/C20H17N3O4/c1-27-19-12-11-14(13-18(19)23(25)26)20(24)22-17-10-6-5-9-16(17)21-15-7-3-2-4-8-15/h2-13,21H,1H3,(H,22,24). The normalized spacial score (nSPS) is 10.1. The van der Waals surface area contributed by atoms with E-state index in [2.05, 4.69) is 10.6 Å². The minimum absolute atomic E-state index is 0.0997. The van der Waals surface area contributed by atoms with Crippen molar-refractivity contribution in [2.75, 3.05) is 17.7 Å². The van der Waals surface area contributed by atoms with Gasteiger partial charge in [-0.1, -0.05) is 30.3 Å². The van der Waals surface area contributed by atoms with E-state index in [-0.39, 0.29) is 17.0 Å². The molecule has 0 fully saturated rings. The number of nitro benzene ring substituents is 1. The molecule has 3 aromatic carbocycles. The van der Waals surface area contributed by atoms with Crippen molar-refractivity contribution in [2.24, 2.45) is 0 Å².